The molecule has 1 amide bonds. The van der Waals surface area contributed by atoms with Crippen LogP contribution < -0.4 is 33.3 Å². The molecule has 20 heteroatoms. The third-order valence-electron chi connectivity index (χ3n) is 10.3. The first-order valence-corrected chi connectivity index (χ1v) is 20.1. The molecule has 3 aromatic carbocycles. The van der Waals surface area contributed by atoms with Gasteiger partial charge in [-0.15, -0.1) is 5.06 Å². The van der Waals surface area contributed by atoms with Crippen LogP contribution in [0.25, 0.3) is 22.3 Å². The van der Waals surface area contributed by atoms with Crippen LogP contribution in [-0.4, -0.2) is 75.6 Å². The lowest BCUT2D eigenvalue weighted by Crippen LogP contribution is -2.86. The average Bonchev–Trinajstić information content (AvgIpc) is 3.19. The fraction of sp³-hybridized carbons (Fsp3) is 0.409. The molecule has 0 N–H and O–H groups in total. The summed E-state index contributed by atoms with van der Waals surface area (Å²) in [5.41, 5.74) is -3.24. The van der Waals surface area contributed by atoms with Crippen LogP contribution >= 0.6 is 0 Å². The van der Waals surface area contributed by atoms with E-state index in [0.717, 1.165) is 41.5 Å². The molecular weight excluding hydrogens is 844 g/mol. The van der Waals surface area contributed by atoms with Gasteiger partial charge in [0.25, 0.3) is 0 Å². The van der Waals surface area contributed by atoms with Crippen LogP contribution in [0.15, 0.2) is 42.5 Å². The summed E-state index contributed by atoms with van der Waals surface area (Å²) in [6, 6.07) is 7.89. The molecule has 0 aromatic heterocycles. The molecule has 1 saturated heterocycles. The SMILES string of the molecule is CC[C@H](C)C1C(OC(C)=O)[N@+]2([O-])Oc3ccc(-c4c(OC(C)=O)c(OC(C)=O)c(-c5ccc(OC(C)=O)cc5)c(OC(C)=O)c4OC(C)=O)cc3O[C@]2([C@@H](C)CC)C(=O)N1OC(C)=O. The van der Waals surface area contributed by atoms with Gasteiger partial charge in [0, 0.05) is 48.5 Å². The Kier molecular flexibility index (Phi) is 14.0. The van der Waals surface area contributed by atoms with Gasteiger partial charge in [0.15, 0.2) is 34.8 Å². The van der Waals surface area contributed by atoms with E-state index >= 15 is 5.21 Å². The van der Waals surface area contributed by atoms with E-state index in [4.69, 9.17) is 42.8 Å². The zero-order valence-electron chi connectivity index (χ0n) is 37.0. The largest absolute Gasteiger partial charge is 0.583 e. The lowest BCUT2D eigenvalue weighted by atomic mass is 9.85. The average molecular weight is 893 g/mol. The minimum atomic E-state index is -2.69. The molecule has 2 aliphatic rings. The third kappa shape index (κ3) is 9.04. The van der Waals surface area contributed by atoms with Gasteiger partial charge in [0.2, 0.25) is 5.75 Å². The molecule has 6 atom stereocenters. The van der Waals surface area contributed by atoms with Gasteiger partial charge in [-0.2, -0.15) is 0 Å². The van der Waals surface area contributed by atoms with Crippen molar-refractivity contribution in [1.29, 1.82) is 0 Å². The predicted molar refractivity (Wildman–Crippen MR) is 218 cm³/mol. The van der Waals surface area contributed by atoms with Crippen LogP contribution in [-0.2, 0) is 47.9 Å². The zero-order valence-corrected chi connectivity index (χ0v) is 37.0. The van der Waals surface area contributed by atoms with E-state index in [9.17, 15) is 38.4 Å². The summed E-state index contributed by atoms with van der Waals surface area (Å²) in [6.45, 7) is 14.0. The minimum absolute atomic E-state index is 0.0784. The van der Waals surface area contributed by atoms with Crippen molar-refractivity contribution in [3.63, 3.8) is 0 Å². The quantitative estimate of drug-likeness (QED) is 0.0824. The standard InChI is InChI=1S/C44H48N2O18/c1-12-21(3)37-42(61-28(10)52)46(55)44(22(4)13-2,43(54)45(37)63-29(11)53)62-34-20-31(16-19-33(34)64-46)36-40(59-26(8)50)38(57-24(6)48)35(30-14-17-32(18-15-30)56-23(5)47)39(58-25(7)49)41(36)60-27(9)51/h14-22,37,42H,12-13H2,1-11H3/t21-,22-,37?,42?,44+,46-/m0/s1. The van der Waals surface area contributed by atoms with E-state index in [2.05, 4.69) is 0 Å². The molecule has 0 aliphatic carbocycles. The number of hydrogen-bond donors (Lipinski definition) is 0. The maximum atomic E-state index is 15.7. The van der Waals surface area contributed by atoms with E-state index in [1.54, 1.807) is 20.8 Å². The number of carbonyl (C=O) groups is 8. The highest BCUT2D eigenvalue weighted by atomic mass is 17.0. The van der Waals surface area contributed by atoms with Crippen LogP contribution in [0, 0.1) is 17.0 Å². The number of benzene rings is 3. The summed E-state index contributed by atoms with van der Waals surface area (Å²) in [4.78, 5) is 113. The molecule has 3 aromatic rings. The van der Waals surface area contributed by atoms with E-state index < -0.39 is 105 Å². The smallest absolute Gasteiger partial charge is 0.370 e. The van der Waals surface area contributed by atoms with Crippen LogP contribution in [0.4, 0.5) is 0 Å². The minimum Gasteiger partial charge on any atom is -0.583 e. The number of rotatable bonds is 13. The van der Waals surface area contributed by atoms with Gasteiger partial charge in [0.05, 0.1) is 17.0 Å². The molecular formula is C44H48N2O18. The summed E-state index contributed by atoms with van der Waals surface area (Å²) in [5, 5.41) is 16.4. The Hall–Kier alpha value is -7.06. The van der Waals surface area contributed by atoms with Gasteiger partial charge >= 0.3 is 59.6 Å². The second-order valence-electron chi connectivity index (χ2n) is 15.1. The molecule has 342 valence electrons. The number of fused-ring (bicyclic) bond motifs is 2. The number of amides is 1. The second kappa shape index (κ2) is 18.7. The first kappa shape index (κ1) is 48.0. The van der Waals surface area contributed by atoms with Gasteiger partial charge in [-0.1, -0.05) is 51.1 Å². The third-order valence-corrected chi connectivity index (χ3v) is 10.3. The molecule has 64 heavy (non-hydrogen) atoms. The van der Waals surface area contributed by atoms with Crippen LogP contribution in [0.1, 0.15) is 89.0 Å². The highest BCUT2D eigenvalue weighted by Gasteiger charge is 2.76. The topological polar surface area (TPSA) is 246 Å². The molecule has 0 radical (unpaired) electrons. The number of quaternary nitrogens is 1. The maximum absolute atomic E-state index is 15.7. The Balaban J connectivity index is 1.91. The van der Waals surface area contributed by atoms with Gasteiger partial charge in [-0.25, -0.2) is 0 Å². The molecule has 2 heterocycles. The van der Waals surface area contributed by atoms with Crippen molar-refractivity contribution in [1.82, 2.24) is 5.06 Å². The van der Waals surface area contributed by atoms with Crippen molar-refractivity contribution >= 4 is 47.7 Å². The van der Waals surface area contributed by atoms with E-state index in [1.807, 2.05) is 0 Å². The first-order chi connectivity index (χ1) is 30.0. The number of hydroxylamine groups is 6. The summed E-state index contributed by atoms with van der Waals surface area (Å²) in [7, 11) is 0. The molecule has 0 spiro atoms. The fourth-order valence-corrected chi connectivity index (χ4v) is 7.50. The van der Waals surface area contributed by atoms with Crippen molar-refractivity contribution in [3.8, 4) is 62.5 Å². The van der Waals surface area contributed by atoms with Crippen molar-refractivity contribution in [2.45, 2.75) is 107 Å². The number of ether oxygens (including phenoxy) is 7. The van der Waals surface area contributed by atoms with Gasteiger partial charge in [-0.3, -0.25) is 38.4 Å². The maximum Gasteiger partial charge on any atom is 0.370 e. The molecule has 20 nitrogen and oxygen atoms in total. The van der Waals surface area contributed by atoms with E-state index in [1.165, 1.54) is 56.3 Å². The zero-order chi connectivity index (χ0) is 47.6. The first-order valence-electron chi connectivity index (χ1n) is 20.1. The van der Waals surface area contributed by atoms with Gasteiger partial charge in [-0.05, 0) is 53.8 Å². The molecule has 0 saturated carbocycles. The Labute approximate surface area is 367 Å². The lowest BCUT2D eigenvalue weighted by molar-refractivity contribution is -1.13. The summed E-state index contributed by atoms with van der Waals surface area (Å²) < 4.78 is 40.3. The predicted octanol–water partition coefficient (Wildman–Crippen LogP) is 6.01. The van der Waals surface area contributed by atoms with Crippen LogP contribution in [0.2, 0.25) is 0 Å². The van der Waals surface area contributed by atoms with Crippen molar-refractivity contribution in [2.75, 3.05) is 0 Å². The number of piperazine rings is 1. The Bertz CT molecular complexity index is 2360. The van der Waals surface area contributed by atoms with Crippen molar-refractivity contribution < 1.29 is 86.0 Å². The van der Waals surface area contributed by atoms with Crippen molar-refractivity contribution in [2.24, 2.45) is 11.8 Å². The summed E-state index contributed by atoms with van der Waals surface area (Å²) in [5.74, 6) is -11.8. The Morgan fingerprint density at radius 1 is 0.656 bits per heavy atom. The van der Waals surface area contributed by atoms with Crippen molar-refractivity contribution in [3.05, 3.63) is 47.7 Å². The summed E-state index contributed by atoms with van der Waals surface area (Å²) >= 11 is 0. The molecule has 1 fully saturated rings. The summed E-state index contributed by atoms with van der Waals surface area (Å²) in [6.07, 6.45) is -1.48. The normalized spacial score (nSPS) is 20.7. The second-order valence-corrected chi connectivity index (χ2v) is 15.1. The molecule has 5 rings (SSSR count). The monoisotopic (exact) mass is 892 g/mol. The highest BCUT2D eigenvalue weighted by Crippen LogP contribution is 2.59. The van der Waals surface area contributed by atoms with E-state index in [0.29, 0.717) is 11.5 Å². The Morgan fingerprint density at radius 2 is 1.12 bits per heavy atom. The van der Waals surface area contributed by atoms with E-state index in [-0.39, 0.29) is 45.9 Å². The molecule has 0 bridgehead atoms. The number of hydrogen-bond acceptors (Lipinski definition) is 18. The fourth-order valence-electron chi connectivity index (χ4n) is 7.50. The van der Waals surface area contributed by atoms with Crippen LogP contribution in [0.5, 0.6) is 40.2 Å². The van der Waals surface area contributed by atoms with Crippen LogP contribution in [0.3, 0.4) is 0 Å². The molecule has 2 aliphatic heterocycles. The van der Waals surface area contributed by atoms with Gasteiger partial charge < -0.3 is 48.0 Å². The number of nitrogens with zero attached hydrogens (tertiary/aromatic N) is 2. The number of esters is 6. The highest BCUT2D eigenvalue weighted by molar-refractivity contribution is 5.99. The van der Waals surface area contributed by atoms with Gasteiger partial charge in [0.1, 0.15) is 5.75 Å². The number of carbonyl (C=O) groups excluding carboxylic acids is 8. The lowest BCUT2D eigenvalue weighted by Gasteiger charge is -2.62. The Morgan fingerprint density at radius 3 is 1.55 bits per heavy atom. The molecule has 2 unspecified atom stereocenters.